The summed E-state index contributed by atoms with van der Waals surface area (Å²) in [5.41, 5.74) is 6.69. The Kier molecular flexibility index (Phi) is 3.94. The molecule has 0 aliphatic heterocycles. The van der Waals surface area contributed by atoms with Crippen LogP contribution in [0, 0.1) is 0 Å². The third-order valence-electron chi connectivity index (χ3n) is 3.25. The van der Waals surface area contributed by atoms with Gasteiger partial charge in [0.15, 0.2) is 9.84 Å². The van der Waals surface area contributed by atoms with Crippen LogP contribution >= 0.6 is 0 Å². The van der Waals surface area contributed by atoms with Gasteiger partial charge in [0.2, 0.25) is 0 Å². The molecule has 0 aliphatic rings. The van der Waals surface area contributed by atoms with E-state index in [1.54, 1.807) is 26.0 Å². The molecule has 1 aromatic rings. The lowest BCUT2D eigenvalue weighted by Crippen LogP contribution is -2.39. The van der Waals surface area contributed by atoms with Crippen LogP contribution in [0.4, 0.5) is 0 Å². The molecule has 0 bridgehead atoms. The summed E-state index contributed by atoms with van der Waals surface area (Å²) in [5.74, 6) is 0. The Hall–Kier alpha value is -0.870. The average molecular weight is 269 g/mol. The highest BCUT2D eigenvalue weighted by Crippen LogP contribution is 2.27. The van der Waals surface area contributed by atoms with Crippen LogP contribution in [0.2, 0.25) is 0 Å². The van der Waals surface area contributed by atoms with Crippen LogP contribution in [0.3, 0.4) is 0 Å². The summed E-state index contributed by atoms with van der Waals surface area (Å²) in [6.07, 6.45) is 0. The lowest BCUT2D eigenvalue weighted by Gasteiger charge is -2.24. The van der Waals surface area contributed by atoms with Crippen LogP contribution < -0.4 is 5.73 Å². The molecular weight excluding hydrogens is 246 g/mol. The molecule has 102 valence electrons. The first-order valence-electron chi connectivity index (χ1n) is 6.07. The van der Waals surface area contributed by atoms with E-state index in [9.17, 15) is 8.42 Å². The minimum absolute atomic E-state index is 0.0195. The van der Waals surface area contributed by atoms with E-state index in [2.05, 4.69) is 20.8 Å². The van der Waals surface area contributed by atoms with E-state index in [0.29, 0.717) is 4.90 Å². The molecule has 1 aromatic carbocycles. The largest absolute Gasteiger partial charge is 0.329 e. The van der Waals surface area contributed by atoms with Gasteiger partial charge < -0.3 is 5.73 Å². The first-order valence-corrected chi connectivity index (χ1v) is 7.56. The molecule has 0 spiro atoms. The quantitative estimate of drug-likeness (QED) is 0.917. The minimum atomic E-state index is -3.38. The van der Waals surface area contributed by atoms with Crippen molar-refractivity contribution in [1.29, 1.82) is 0 Å². The number of rotatable bonds is 3. The van der Waals surface area contributed by atoms with Gasteiger partial charge in [-0.05, 0) is 37.0 Å². The molecule has 3 nitrogen and oxygen atoms in total. The molecule has 0 heterocycles. The van der Waals surface area contributed by atoms with E-state index < -0.39 is 14.6 Å². The Balaban J connectivity index is 3.22. The fourth-order valence-electron chi connectivity index (χ4n) is 1.56. The van der Waals surface area contributed by atoms with Crippen LogP contribution in [0.15, 0.2) is 29.2 Å². The van der Waals surface area contributed by atoms with Crippen LogP contribution in [-0.4, -0.2) is 19.7 Å². The van der Waals surface area contributed by atoms with Gasteiger partial charge in [0.1, 0.15) is 0 Å². The topological polar surface area (TPSA) is 60.2 Å². The summed E-state index contributed by atoms with van der Waals surface area (Å²) in [6.45, 7) is 9.71. The maximum absolute atomic E-state index is 12.4. The Labute approximate surface area is 110 Å². The Bertz CT molecular complexity index is 508. The molecule has 18 heavy (non-hydrogen) atoms. The fourth-order valence-corrected chi connectivity index (χ4v) is 2.91. The highest BCUT2D eigenvalue weighted by molar-refractivity contribution is 7.92. The van der Waals surface area contributed by atoms with Gasteiger partial charge in [0.25, 0.3) is 0 Å². The van der Waals surface area contributed by atoms with Crippen molar-refractivity contribution in [3.05, 3.63) is 29.8 Å². The van der Waals surface area contributed by atoms with E-state index in [1.165, 1.54) is 0 Å². The van der Waals surface area contributed by atoms with Crippen LogP contribution in [0.1, 0.15) is 40.2 Å². The first kappa shape index (κ1) is 15.2. The molecule has 0 saturated heterocycles. The van der Waals surface area contributed by atoms with Crippen molar-refractivity contribution in [2.45, 2.75) is 49.7 Å². The van der Waals surface area contributed by atoms with Gasteiger partial charge >= 0.3 is 0 Å². The van der Waals surface area contributed by atoms with Crippen LogP contribution in [0.25, 0.3) is 0 Å². The summed E-state index contributed by atoms with van der Waals surface area (Å²) in [5, 5.41) is 0. The van der Waals surface area contributed by atoms with E-state index >= 15 is 0 Å². The molecule has 2 N–H and O–H groups in total. The third kappa shape index (κ3) is 2.75. The van der Waals surface area contributed by atoms with Crippen LogP contribution in [0.5, 0.6) is 0 Å². The average Bonchev–Trinajstić information content (AvgIpc) is 2.27. The van der Waals surface area contributed by atoms with Gasteiger partial charge in [-0.15, -0.1) is 0 Å². The minimum Gasteiger partial charge on any atom is -0.329 e. The van der Waals surface area contributed by atoms with Gasteiger partial charge in [-0.1, -0.05) is 32.9 Å². The van der Waals surface area contributed by atoms with Crippen molar-refractivity contribution >= 4 is 9.84 Å². The molecule has 0 radical (unpaired) electrons. The molecule has 4 heteroatoms. The third-order valence-corrected chi connectivity index (χ3v) is 5.76. The molecule has 1 rings (SSSR count). The molecule has 0 fully saturated rings. The fraction of sp³-hybridized carbons (Fsp3) is 0.571. The maximum atomic E-state index is 12.4. The zero-order valence-electron chi connectivity index (χ0n) is 11.8. The second kappa shape index (κ2) is 4.67. The lowest BCUT2D eigenvalue weighted by atomic mass is 9.87. The van der Waals surface area contributed by atoms with Gasteiger partial charge in [-0.2, -0.15) is 0 Å². The van der Waals surface area contributed by atoms with Crippen molar-refractivity contribution in [2.24, 2.45) is 5.73 Å². The number of hydrogen-bond acceptors (Lipinski definition) is 3. The highest BCUT2D eigenvalue weighted by Gasteiger charge is 2.34. The SMILES string of the molecule is CC(C)(C)c1ccc(S(=O)(=O)C(C)(C)CN)cc1. The smallest absolute Gasteiger partial charge is 0.184 e. The highest BCUT2D eigenvalue weighted by atomic mass is 32.2. The Morgan fingerprint density at radius 2 is 1.44 bits per heavy atom. The molecule has 0 aliphatic carbocycles. The lowest BCUT2D eigenvalue weighted by molar-refractivity contribution is 0.548. The zero-order chi connectivity index (χ0) is 14.2. The van der Waals surface area contributed by atoms with Gasteiger partial charge in [0.05, 0.1) is 9.64 Å². The molecule has 0 atom stereocenters. The number of benzene rings is 1. The number of sulfone groups is 1. The van der Waals surface area contributed by atoms with Gasteiger partial charge in [-0.3, -0.25) is 0 Å². The van der Waals surface area contributed by atoms with E-state index in [-0.39, 0.29) is 12.0 Å². The monoisotopic (exact) mass is 269 g/mol. The van der Waals surface area contributed by atoms with Gasteiger partial charge in [-0.25, -0.2) is 8.42 Å². The summed E-state index contributed by atoms with van der Waals surface area (Å²) < 4.78 is 23.8. The van der Waals surface area contributed by atoms with E-state index in [1.807, 2.05) is 12.1 Å². The van der Waals surface area contributed by atoms with Crippen molar-refractivity contribution in [1.82, 2.24) is 0 Å². The predicted molar refractivity (Wildman–Crippen MR) is 75.5 cm³/mol. The second-order valence-electron chi connectivity index (χ2n) is 6.24. The zero-order valence-corrected chi connectivity index (χ0v) is 12.6. The normalized spacial score (nSPS) is 13.7. The van der Waals surface area contributed by atoms with E-state index in [0.717, 1.165) is 5.56 Å². The standard InChI is InChI=1S/C14H23NO2S/c1-13(2,3)11-6-8-12(9-7-11)18(16,17)14(4,5)10-15/h6-9H,10,15H2,1-5H3. The molecule has 0 unspecified atom stereocenters. The van der Waals surface area contributed by atoms with Crippen molar-refractivity contribution < 1.29 is 8.42 Å². The van der Waals surface area contributed by atoms with Crippen LogP contribution in [-0.2, 0) is 15.3 Å². The van der Waals surface area contributed by atoms with Crippen molar-refractivity contribution in [3.63, 3.8) is 0 Å². The molecular formula is C14H23NO2S. The van der Waals surface area contributed by atoms with Gasteiger partial charge in [0, 0.05) is 6.54 Å². The Morgan fingerprint density at radius 1 is 1.00 bits per heavy atom. The van der Waals surface area contributed by atoms with Crippen molar-refractivity contribution in [3.8, 4) is 0 Å². The molecule has 0 saturated carbocycles. The predicted octanol–water partition coefficient (Wildman–Crippen LogP) is 2.50. The van der Waals surface area contributed by atoms with E-state index in [4.69, 9.17) is 5.73 Å². The molecule has 0 aromatic heterocycles. The second-order valence-corrected chi connectivity index (χ2v) is 8.83. The molecule has 0 amide bonds. The summed E-state index contributed by atoms with van der Waals surface area (Å²) in [6, 6.07) is 7.10. The van der Waals surface area contributed by atoms with Crippen molar-refractivity contribution in [2.75, 3.05) is 6.54 Å². The first-order chi connectivity index (χ1) is 8.02. The summed E-state index contributed by atoms with van der Waals surface area (Å²) in [4.78, 5) is 0.339. The number of hydrogen-bond donors (Lipinski definition) is 1. The maximum Gasteiger partial charge on any atom is 0.184 e. The summed E-state index contributed by atoms with van der Waals surface area (Å²) in [7, 11) is -3.38. The summed E-state index contributed by atoms with van der Waals surface area (Å²) >= 11 is 0. The number of nitrogens with two attached hydrogens (primary N) is 1. The Morgan fingerprint density at radius 3 is 1.78 bits per heavy atom.